The van der Waals surface area contributed by atoms with E-state index < -0.39 is 83.5 Å². The van der Waals surface area contributed by atoms with Crippen LogP contribution in [0.3, 0.4) is 0 Å². The Labute approximate surface area is 191 Å². The van der Waals surface area contributed by atoms with Gasteiger partial charge in [-0.2, -0.15) is 74.6 Å². The highest BCUT2D eigenvalue weighted by Gasteiger charge is 2.95. The average Bonchev–Trinajstić information content (AvgIpc) is 2.63. The van der Waals surface area contributed by atoms with E-state index in [9.17, 15) is 74.6 Å². The molecule has 2 nitrogen and oxygen atoms in total. The third-order valence-electron chi connectivity index (χ3n) is 4.29. The lowest BCUT2D eigenvalue weighted by atomic mass is 9.87. The first kappa shape index (κ1) is 33.5. The third-order valence-corrected chi connectivity index (χ3v) is 5.35. The topological polar surface area (TPSA) is 40.5 Å². The van der Waals surface area contributed by atoms with E-state index in [1.807, 2.05) is 0 Å². The molecule has 0 aliphatic carbocycles. The second-order valence-electron chi connectivity index (χ2n) is 6.86. The van der Waals surface area contributed by atoms with Gasteiger partial charge in [0.25, 0.3) is 0 Å². The van der Waals surface area contributed by atoms with E-state index in [2.05, 4.69) is 0 Å². The lowest BCUT2D eigenvalue weighted by Crippen LogP contribution is -2.74. The Hall–Kier alpha value is -0.540. The van der Waals surface area contributed by atoms with E-state index in [0.717, 1.165) is 22.6 Å². The Kier molecular flexibility index (Phi) is 9.58. The monoisotopic (exact) mass is 662 g/mol. The van der Waals surface area contributed by atoms with E-state index in [-0.39, 0.29) is 0 Å². The van der Waals surface area contributed by atoms with Crippen molar-refractivity contribution in [1.29, 1.82) is 0 Å². The van der Waals surface area contributed by atoms with Crippen molar-refractivity contribution >= 4 is 22.6 Å². The molecular weight excluding hydrogens is 650 g/mol. The van der Waals surface area contributed by atoms with Crippen LogP contribution in [0.1, 0.15) is 19.3 Å². The van der Waals surface area contributed by atoms with Crippen LogP contribution >= 0.6 is 22.6 Å². The second-order valence-corrected chi connectivity index (χ2v) is 8.63. The molecule has 2 unspecified atom stereocenters. The molecule has 0 aliphatic rings. The zero-order chi connectivity index (χ0) is 28.0. The fraction of sp³-hybridized carbons (Fsp3) is 1.00. The summed E-state index contributed by atoms with van der Waals surface area (Å²) in [5, 5.41) is 17.5. The summed E-state index contributed by atoms with van der Waals surface area (Å²) in [6.07, 6.45) is -13.5. The van der Waals surface area contributed by atoms with E-state index >= 15 is 0 Å². The number of hydrogen-bond donors (Lipinski definition) is 2. The summed E-state index contributed by atoms with van der Waals surface area (Å²) < 4.78 is 221. The van der Waals surface area contributed by atoms with Crippen LogP contribution in [0.25, 0.3) is 0 Å². The first-order valence-corrected chi connectivity index (χ1v) is 9.49. The van der Waals surface area contributed by atoms with Crippen LogP contribution in [0.4, 0.5) is 74.6 Å². The maximum absolute atomic E-state index is 13.8. The van der Waals surface area contributed by atoms with E-state index in [1.165, 1.54) is 0 Å². The van der Waals surface area contributed by atoms with Crippen molar-refractivity contribution in [2.24, 2.45) is 0 Å². The molecule has 0 aromatic heterocycles. The maximum Gasteiger partial charge on any atom is 0.460 e. The molecule has 20 heteroatoms. The van der Waals surface area contributed by atoms with Crippen molar-refractivity contribution in [3.05, 3.63) is 0 Å². The van der Waals surface area contributed by atoms with Crippen LogP contribution in [0.2, 0.25) is 0 Å². The van der Waals surface area contributed by atoms with Gasteiger partial charge in [0.1, 0.15) is 0 Å². The maximum atomic E-state index is 13.8. The predicted octanol–water partition coefficient (Wildman–Crippen LogP) is 6.32. The van der Waals surface area contributed by atoms with Crippen LogP contribution in [0, 0.1) is 0 Å². The highest BCUT2D eigenvalue weighted by molar-refractivity contribution is 14.1. The summed E-state index contributed by atoms with van der Waals surface area (Å²) in [6, 6.07) is 0. The molecule has 0 rings (SSSR count). The van der Waals surface area contributed by atoms with Gasteiger partial charge in [-0.1, -0.05) is 22.6 Å². The number of rotatable bonds is 12. The molecular formula is C14H12F17IO2. The van der Waals surface area contributed by atoms with Gasteiger partial charge >= 0.3 is 47.6 Å². The molecule has 2 N–H and O–H groups in total. The van der Waals surface area contributed by atoms with Crippen LogP contribution in [-0.2, 0) is 0 Å². The molecule has 0 aromatic rings. The Morgan fingerprint density at radius 2 is 0.853 bits per heavy atom. The summed E-state index contributed by atoms with van der Waals surface area (Å²) >= 11 is 0.823. The lowest BCUT2D eigenvalue weighted by Gasteiger charge is -2.43. The summed E-state index contributed by atoms with van der Waals surface area (Å²) in [7, 11) is 0. The van der Waals surface area contributed by atoms with Crippen LogP contribution in [0.5, 0.6) is 0 Å². The van der Waals surface area contributed by atoms with Gasteiger partial charge in [0, 0.05) is 10.3 Å². The molecule has 0 saturated carbocycles. The van der Waals surface area contributed by atoms with Gasteiger partial charge in [0.05, 0.1) is 12.7 Å². The molecule has 2 atom stereocenters. The SMILES string of the molecule is OCC(O)CCC(I)CC(F)(F)C(F)(F)C(F)(F)C(F)(F)C(F)(F)C(F)(F)C(F)(F)C(F)(F)F. The largest absolute Gasteiger partial charge is 0.460 e. The van der Waals surface area contributed by atoms with Gasteiger partial charge in [0.2, 0.25) is 0 Å². The predicted molar refractivity (Wildman–Crippen MR) is 85.4 cm³/mol. The minimum Gasteiger partial charge on any atom is -0.394 e. The van der Waals surface area contributed by atoms with Crippen molar-refractivity contribution < 1.29 is 84.9 Å². The van der Waals surface area contributed by atoms with Crippen LogP contribution in [-0.4, -0.2) is 74.5 Å². The number of aliphatic hydroxyl groups excluding tert-OH is 2. The Bertz CT molecular complexity index is 690. The number of hydrogen-bond acceptors (Lipinski definition) is 2. The summed E-state index contributed by atoms with van der Waals surface area (Å²) in [5.41, 5.74) is 0. The van der Waals surface area contributed by atoms with E-state index in [1.54, 1.807) is 0 Å². The van der Waals surface area contributed by atoms with Crippen LogP contribution in [0.15, 0.2) is 0 Å². The van der Waals surface area contributed by atoms with Crippen molar-refractivity contribution in [3.63, 3.8) is 0 Å². The second kappa shape index (κ2) is 9.73. The van der Waals surface area contributed by atoms with Gasteiger partial charge in [-0.15, -0.1) is 0 Å². The highest BCUT2D eigenvalue weighted by atomic mass is 127. The summed E-state index contributed by atoms with van der Waals surface area (Å²) in [4.78, 5) is 0. The van der Waals surface area contributed by atoms with Crippen LogP contribution < -0.4 is 0 Å². The van der Waals surface area contributed by atoms with Gasteiger partial charge in [-0.05, 0) is 12.8 Å². The van der Waals surface area contributed by atoms with E-state index in [0.29, 0.717) is 0 Å². The molecule has 34 heavy (non-hydrogen) atoms. The highest BCUT2D eigenvalue weighted by Crippen LogP contribution is 2.64. The Morgan fingerprint density at radius 3 is 1.18 bits per heavy atom. The Balaban J connectivity index is 6.35. The van der Waals surface area contributed by atoms with Crippen molar-refractivity contribution in [1.82, 2.24) is 0 Å². The minimum atomic E-state index is -8.64. The molecule has 0 aromatic carbocycles. The smallest absolute Gasteiger partial charge is 0.394 e. The van der Waals surface area contributed by atoms with Crippen molar-refractivity contribution in [2.75, 3.05) is 6.61 Å². The van der Waals surface area contributed by atoms with Gasteiger partial charge < -0.3 is 10.2 Å². The normalized spacial score (nSPS) is 17.6. The zero-order valence-corrected chi connectivity index (χ0v) is 17.8. The molecule has 0 heterocycles. The van der Waals surface area contributed by atoms with Crippen molar-refractivity contribution in [3.8, 4) is 0 Å². The fourth-order valence-corrected chi connectivity index (χ4v) is 3.08. The molecule has 0 saturated heterocycles. The molecule has 206 valence electrons. The molecule has 0 spiro atoms. The zero-order valence-electron chi connectivity index (χ0n) is 15.7. The number of aliphatic hydroxyl groups is 2. The quantitative estimate of drug-likeness (QED) is 0.146. The molecule has 0 amide bonds. The summed E-state index contributed by atoms with van der Waals surface area (Å²) in [5.74, 6) is -56.4. The Morgan fingerprint density at radius 1 is 0.529 bits per heavy atom. The minimum absolute atomic E-state index is 0.658. The summed E-state index contributed by atoms with van der Waals surface area (Å²) in [6.45, 7) is -0.994. The first-order chi connectivity index (χ1) is 14.6. The van der Waals surface area contributed by atoms with Gasteiger partial charge in [-0.25, -0.2) is 0 Å². The number of halogens is 18. The molecule has 0 bridgehead atoms. The number of alkyl halides is 18. The van der Waals surface area contributed by atoms with Gasteiger partial charge in [-0.3, -0.25) is 0 Å². The van der Waals surface area contributed by atoms with Crippen molar-refractivity contribution in [2.45, 2.75) is 76.9 Å². The lowest BCUT2D eigenvalue weighted by molar-refractivity contribution is -0.461. The molecule has 0 fully saturated rings. The standard InChI is InChI=1S/C14H12F17IO2/c15-7(16,3-5(32)1-2-6(34)4-33)8(17,18)9(19,20)10(21,22)11(23,24)12(25,26)13(27,28)14(29,30)31/h5-6,33-34H,1-4H2. The third kappa shape index (κ3) is 5.26. The fourth-order valence-electron chi connectivity index (χ4n) is 2.17. The first-order valence-electron chi connectivity index (χ1n) is 8.24. The average molecular weight is 662 g/mol. The molecule has 0 aliphatic heterocycles. The molecule has 0 radical (unpaired) electrons. The van der Waals surface area contributed by atoms with E-state index in [4.69, 9.17) is 10.2 Å². The van der Waals surface area contributed by atoms with Gasteiger partial charge in [0.15, 0.2) is 0 Å².